The molecule has 0 fully saturated rings. The molecular weight excluding hydrogens is 152 g/mol. The maximum Gasteiger partial charge on any atom is 0.208 e. The van der Waals surface area contributed by atoms with Crippen LogP contribution in [0.3, 0.4) is 0 Å². The fourth-order valence-corrected chi connectivity index (χ4v) is 0.920. The molecule has 0 aromatic carbocycles. The van der Waals surface area contributed by atoms with Crippen molar-refractivity contribution < 1.29 is 8.42 Å². The van der Waals surface area contributed by atoms with Crippen LogP contribution in [-0.4, -0.2) is 27.3 Å². The number of sulfonamides is 1. The molecule has 0 aliphatic heterocycles. The van der Waals surface area contributed by atoms with E-state index in [0.29, 0.717) is 6.54 Å². The fraction of sp³-hybridized carbons (Fsp3) is 1.00. The summed E-state index contributed by atoms with van der Waals surface area (Å²) in [6.07, 6.45) is 1.90. The summed E-state index contributed by atoms with van der Waals surface area (Å²) in [5.74, 6) is 0. The van der Waals surface area contributed by atoms with Crippen LogP contribution in [0.4, 0.5) is 0 Å². The topological polar surface area (TPSA) is 72.2 Å². The zero-order valence-corrected chi connectivity index (χ0v) is 7.11. The van der Waals surface area contributed by atoms with Crippen LogP contribution in [0.5, 0.6) is 0 Å². The van der Waals surface area contributed by atoms with Crippen molar-refractivity contribution in [2.45, 2.75) is 19.4 Å². The summed E-state index contributed by atoms with van der Waals surface area (Å²) >= 11 is 0. The fourth-order valence-electron chi connectivity index (χ4n) is 0.403. The van der Waals surface area contributed by atoms with Crippen molar-refractivity contribution in [2.75, 3.05) is 12.8 Å². The van der Waals surface area contributed by atoms with E-state index >= 15 is 0 Å². The lowest BCUT2D eigenvalue weighted by atomic mass is 10.2. The van der Waals surface area contributed by atoms with Gasteiger partial charge in [0.1, 0.15) is 0 Å². The van der Waals surface area contributed by atoms with Gasteiger partial charge in [0.15, 0.2) is 0 Å². The quantitative estimate of drug-likeness (QED) is 0.578. The van der Waals surface area contributed by atoms with Gasteiger partial charge >= 0.3 is 0 Å². The Kier molecular flexibility index (Phi) is 3.85. The van der Waals surface area contributed by atoms with Gasteiger partial charge in [0.25, 0.3) is 0 Å². The van der Waals surface area contributed by atoms with Crippen LogP contribution in [0.1, 0.15) is 13.3 Å². The largest absolute Gasteiger partial charge is 0.327 e. The standard InChI is InChI=1S/C5H14N2O2S/c1-3-5(6)4-7-10(2,8)9/h5,7H,3-4,6H2,1-2H3. The zero-order valence-electron chi connectivity index (χ0n) is 6.29. The Bertz CT molecular complexity index is 176. The van der Waals surface area contributed by atoms with E-state index in [2.05, 4.69) is 4.72 Å². The van der Waals surface area contributed by atoms with Crippen molar-refractivity contribution in [3.63, 3.8) is 0 Å². The molecule has 10 heavy (non-hydrogen) atoms. The van der Waals surface area contributed by atoms with Crippen LogP contribution in [-0.2, 0) is 10.0 Å². The Morgan fingerprint density at radius 1 is 1.60 bits per heavy atom. The van der Waals surface area contributed by atoms with E-state index in [1.54, 1.807) is 0 Å². The number of hydrogen-bond donors (Lipinski definition) is 2. The summed E-state index contributed by atoms with van der Waals surface area (Å²) in [6, 6.07) is -0.0743. The SMILES string of the molecule is CCC(N)CNS(C)(=O)=O. The van der Waals surface area contributed by atoms with Gasteiger partial charge in [-0.2, -0.15) is 0 Å². The van der Waals surface area contributed by atoms with Gasteiger partial charge in [-0.3, -0.25) is 0 Å². The monoisotopic (exact) mass is 166 g/mol. The molecule has 0 saturated carbocycles. The van der Waals surface area contributed by atoms with Crippen molar-refractivity contribution in [3.8, 4) is 0 Å². The second kappa shape index (κ2) is 3.90. The molecule has 62 valence electrons. The van der Waals surface area contributed by atoms with Crippen LogP contribution in [0.2, 0.25) is 0 Å². The average molecular weight is 166 g/mol. The molecule has 4 nitrogen and oxygen atoms in total. The van der Waals surface area contributed by atoms with E-state index < -0.39 is 10.0 Å². The molecule has 0 heterocycles. The van der Waals surface area contributed by atoms with Gasteiger partial charge in [0, 0.05) is 12.6 Å². The van der Waals surface area contributed by atoms with Gasteiger partial charge < -0.3 is 5.73 Å². The highest BCUT2D eigenvalue weighted by Gasteiger charge is 2.03. The highest BCUT2D eigenvalue weighted by molar-refractivity contribution is 7.88. The Morgan fingerprint density at radius 2 is 2.10 bits per heavy atom. The van der Waals surface area contributed by atoms with Crippen molar-refractivity contribution in [1.82, 2.24) is 4.72 Å². The maximum atomic E-state index is 10.5. The first-order valence-corrected chi connectivity index (χ1v) is 5.05. The minimum atomic E-state index is -3.06. The first kappa shape index (κ1) is 9.87. The minimum absolute atomic E-state index is 0.0743. The molecule has 1 atom stereocenters. The van der Waals surface area contributed by atoms with Gasteiger partial charge in [-0.15, -0.1) is 0 Å². The molecule has 0 saturated heterocycles. The highest BCUT2D eigenvalue weighted by atomic mass is 32.2. The number of nitrogens with one attached hydrogen (secondary N) is 1. The molecule has 5 heteroatoms. The Morgan fingerprint density at radius 3 is 2.40 bits per heavy atom. The summed E-state index contributed by atoms with van der Waals surface area (Å²) in [5.41, 5.74) is 5.45. The maximum absolute atomic E-state index is 10.5. The van der Waals surface area contributed by atoms with Gasteiger partial charge in [0.2, 0.25) is 10.0 Å². The van der Waals surface area contributed by atoms with Crippen LogP contribution in [0.25, 0.3) is 0 Å². The molecule has 0 amide bonds. The van der Waals surface area contributed by atoms with E-state index in [0.717, 1.165) is 12.7 Å². The zero-order chi connectivity index (χ0) is 8.20. The van der Waals surface area contributed by atoms with Crippen LogP contribution in [0, 0.1) is 0 Å². The molecule has 0 aliphatic carbocycles. The third-order valence-corrected chi connectivity index (χ3v) is 1.82. The normalized spacial score (nSPS) is 15.1. The molecule has 0 bridgehead atoms. The summed E-state index contributed by atoms with van der Waals surface area (Å²) < 4.78 is 23.3. The molecule has 0 aromatic heterocycles. The van der Waals surface area contributed by atoms with E-state index in [1.807, 2.05) is 6.92 Å². The predicted octanol–water partition coefficient (Wildman–Crippen LogP) is -0.727. The first-order chi connectivity index (χ1) is 4.45. The van der Waals surface area contributed by atoms with Gasteiger partial charge in [-0.05, 0) is 6.42 Å². The summed E-state index contributed by atoms with van der Waals surface area (Å²) in [4.78, 5) is 0. The molecule has 1 unspecified atom stereocenters. The van der Waals surface area contributed by atoms with E-state index in [-0.39, 0.29) is 6.04 Å². The number of rotatable bonds is 4. The van der Waals surface area contributed by atoms with Crippen LogP contribution in [0.15, 0.2) is 0 Å². The molecule has 0 radical (unpaired) electrons. The molecule has 0 aromatic rings. The second-order valence-electron chi connectivity index (χ2n) is 2.29. The number of nitrogens with two attached hydrogens (primary N) is 1. The predicted molar refractivity (Wildman–Crippen MR) is 41.1 cm³/mol. The molecule has 0 aliphatic rings. The summed E-state index contributed by atoms with van der Waals surface area (Å²) in [5, 5.41) is 0. The molecule has 0 rings (SSSR count). The van der Waals surface area contributed by atoms with E-state index in [9.17, 15) is 8.42 Å². The third-order valence-electron chi connectivity index (χ3n) is 1.13. The number of hydrogen-bond acceptors (Lipinski definition) is 3. The summed E-state index contributed by atoms with van der Waals surface area (Å²) in [6.45, 7) is 2.24. The van der Waals surface area contributed by atoms with Crippen molar-refractivity contribution >= 4 is 10.0 Å². The molecular formula is C5H14N2O2S. The van der Waals surface area contributed by atoms with Crippen LogP contribution >= 0.6 is 0 Å². The smallest absolute Gasteiger partial charge is 0.208 e. The van der Waals surface area contributed by atoms with Gasteiger partial charge in [-0.1, -0.05) is 6.92 Å². The van der Waals surface area contributed by atoms with Gasteiger partial charge in [-0.25, -0.2) is 13.1 Å². The summed E-state index contributed by atoms with van der Waals surface area (Å²) in [7, 11) is -3.06. The van der Waals surface area contributed by atoms with E-state index in [4.69, 9.17) is 5.73 Å². The Balaban J connectivity index is 3.56. The Labute approximate surface area is 61.8 Å². The first-order valence-electron chi connectivity index (χ1n) is 3.16. The highest BCUT2D eigenvalue weighted by Crippen LogP contribution is 1.83. The van der Waals surface area contributed by atoms with Crippen LogP contribution < -0.4 is 10.5 Å². The second-order valence-corrected chi connectivity index (χ2v) is 4.12. The lowest BCUT2D eigenvalue weighted by Crippen LogP contribution is -2.36. The van der Waals surface area contributed by atoms with Crippen molar-refractivity contribution in [2.24, 2.45) is 5.73 Å². The third kappa shape index (κ3) is 6.00. The molecule has 0 spiro atoms. The molecule has 3 N–H and O–H groups in total. The van der Waals surface area contributed by atoms with E-state index in [1.165, 1.54) is 0 Å². The van der Waals surface area contributed by atoms with Gasteiger partial charge in [0.05, 0.1) is 6.26 Å². The lowest BCUT2D eigenvalue weighted by molar-refractivity contribution is 0.569. The lowest BCUT2D eigenvalue weighted by Gasteiger charge is -2.07. The average Bonchev–Trinajstić information content (AvgIpc) is 1.81. The minimum Gasteiger partial charge on any atom is -0.327 e. The van der Waals surface area contributed by atoms with Crippen molar-refractivity contribution in [3.05, 3.63) is 0 Å². The Hall–Kier alpha value is -0.130. The van der Waals surface area contributed by atoms with Crippen molar-refractivity contribution in [1.29, 1.82) is 0 Å².